The van der Waals surface area contributed by atoms with Crippen molar-refractivity contribution in [2.75, 3.05) is 6.61 Å². The number of benzene rings is 2. The monoisotopic (exact) mass is 347 g/mol. The van der Waals surface area contributed by atoms with Gasteiger partial charge in [-0.25, -0.2) is 0 Å². The summed E-state index contributed by atoms with van der Waals surface area (Å²) in [4.78, 5) is 27.8. The van der Waals surface area contributed by atoms with Gasteiger partial charge in [0, 0.05) is 11.3 Å². The van der Waals surface area contributed by atoms with Crippen LogP contribution < -0.4 is 15.0 Å². The molecule has 0 saturated carbocycles. The maximum Gasteiger partial charge on any atom is 0.312 e. The van der Waals surface area contributed by atoms with E-state index < -0.39 is 0 Å². The van der Waals surface area contributed by atoms with Crippen LogP contribution >= 0.6 is 0 Å². The van der Waals surface area contributed by atoms with Crippen molar-refractivity contribution in [1.82, 2.24) is 4.98 Å². The van der Waals surface area contributed by atoms with Crippen molar-refractivity contribution in [2.24, 2.45) is 0 Å². The number of nitrogens with one attached hydrogen (secondary N) is 1. The average molecular weight is 347 g/mol. The normalized spacial score (nSPS) is 16.0. The van der Waals surface area contributed by atoms with E-state index >= 15 is 0 Å². The van der Waals surface area contributed by atoms with Crippen LogP contribution in [0.4, 0.5) is 0 Å². The predicted octanol–water partition coefficient (Wildman–Crippen LogP) is 3.53. The molecule has 0 bridgehead atoms. The van der Waals surface area contributed by atoms with Crippen molar-refractivity contribution in [3.05, 3.63) is 82.7 Å². The summed E-state index contributed by atoms with van der Waals surface area (Å²) in [6.45, 7) is 4.04. The molecule has 4 rings (SSSR count). The lowest BCUT2D eigenvalue weighted by Gasteiger charge is -2.25. The quantitative estimate of drug-likeness (QED) is 0.579. The number of carbonyl (C=O) groups excluding carboxylic acids is 1. The molecule has 3 aromatic rings. The zero-order chi connectivity index (χ0) is 18.1. The minimum atomic E-state index is -0.354. The molecule has 0 radical (unpaired) electrons. The fraction of sp³-hybridized carbons (Fsp3) is 0.143. The Balaban J connectivity index is 1.82. The van der Waals surface area contributed by atoms with Crippen LogP contribution in [0, 0.1) is 0 Å². The maximum atomic E-state index is 12.7. The van der Waals surface area contributed by atoms with E-state index in [1.54, 1.807) is 12.1 Å². The number of pyridine rings is 1. The Hall–Kier alpha value is -3.34. The molecular formula is C21H17NO4. The molecule has 2 heterocycles. The number of aromatic amines is 1. The molecule has 5 heteroatoms. The van der Waals surface area contributed by atoms with Gasteiger partial charge in [0.15, 0.2) is 0 Å². The Labute approximate surface area is 149 Å². The van der Waals surface area contributed by atoms with Crippen molar-refractivity contribution >= 4 is 16.9 Å². The third-order valence-corrected chi connectivity index (χ3v) is 4.49. The van der Waals surface area contributed by atoms with Crippen LogP contribution in [-0.4, -0.2) is 17.6 Å². The second kappa shape index (κ2) is 6.52. The Morgan fingerprint density at radius 1 is 1.15 bits per heavy atom. The Morgan fingerprint density at radius 3 is 2.69 bits per heavy atom. The number of carbonyl (C=O) groups is 1. The number of fused-ring (bicyclic) bond motifs is 3. The van der Waals surface area contributed by atoms with Crippen LogP contribution in [-0.2, 0) is 4.79 Å². The molecule has 0 unspecified atom stereocenters. The molecule has 1 atom stereocenters. The van der Waals surface area contributed by atoms with Gasteiger partial charge in [-0.3, -0.25) is 9.59 Å². The summed E-state index contributed by atoms with van der Waals surface area (Å²) in [6.07, 6.45) is 1.80. The first-order valence-electron chi connectivity index (χ1n) is 8.36. The average Bonchev–Trinajstić information content (AvgIpc) is 2.66. The minimum Gasteiger partial charge on any atom is -0.490 e. The molecule has 26 heavy (non-hydrogen) atoms. The van der Waals surface area contributed by atoms with Gasteiger partial charge in [0.2, 0.25) is 0 Å². The second-order valence-corrected chi connectivity index (χ2v) is 6.14. The van der Waals surface area contributed by atoms with Gasteiger partial charge in [-0.2, -0.15) is 0 Å². The summed E-state index contributed by atoms with van der Waals surface area (Å²) in [7, 11) is 0. The standard InChI is InChI=1S/C21H17NO4/c1-2-11-25-14-9-7-13(8-10-14)16-12-18(23)26-20-15-5-3-4-6-17(15)22-21(24)19(16)20/h2-10,16H,1,11-12H2,(H,22,24)/t16-/m1/s1. The maximum absolute atomic E-state index is 12.7. The number of H-pyrrole nitrogens is 1. The van der Waals surface area contributed by atoms with E-state index in [0.29, 0.717) is 29.2 Å². The number of ether oxygens (including phenoxy) is 2. The summed E-state index contributed by atoms with van der Waals surface area (Å²) < 4.78 is 11.0. The highest BCUT2D eigenvalue weighted by Crippen LogP contribution is 2.40. The number of para-hydroxylation sites is 1. The first kappa shape index (κ1) is 16.1. The lowest BCUT2D eigenvalue weighted by atomic mass is 9.86. The third kappa shape index (κ3) is 2.77. The smallest absolute Gasteiger partial charge is 0.312 e. The summed E-state index contributed by atoms with van der Waals surface area (Å²) in [6, 6.07) is 14.7. The lowest BCUT2D eigenvalue weighted by molar-refractivity contribution is -0.135. The topological polar surface area (TPSA) is 68.4 Å². The van der Waals surface area contributed by atoms with E-state index in [1.807, 2.05) is 42.5 Å². The molecule has 130 valence electrons. The highest BCUT2D eigenvalue weighted by molar-refractivity contribution is 5.91. The predicted molar refractivity (Wildman–Crippen MR) is 98.8 cm³/mol. The molecule has 1 aliphatic heterocycles. The molecule has 1 N–H and O–H groups in total. The van der Waals surface area contributed by atoms with Gasteiger partial charge in [-0.05, 0) is 29.8 Å². The van der Waals surface area contributed by atoms with Gasteiger partial charge in [0.05, 0.1) is 17.5 Å². The van der Waals surface area contributed by atoms with Crippen LogP contribution in [0.5, 0.6) is 11.5 Å². The molecule has 2 aromatic carbocycles. The van der Waals surface area contributed by atoms with E-state index in [0.717, 1.165) is 10.9 Å². The van der Waals surface area contributed by atoms with Crippen LogP contribution in [0.25, 0.3) is 10.9 Å². The highest BCUT2D eigenvalue weighted by atomic mass is 16.5. The first-order valence-corrected chi connectivity index (χ1v) is 8.36. The number of esters is 1. The Kier molecular flexibility index (Phi) is 4.05. The molecule has 5 nitrogen and oxygen atoms in total. The summed E-state index contributed by atoms with van der Waals surface area (Å²) in [5.74, 6) is 0.371. The van der Waals surface area contributed by atoms with E-state index in [9.17, 15) is 9.59 Å². The molecule has 1 aromatic heterocycles. The van der Waals surface area contributed by atoms with Crippen molar-refractivity contribution in [2.45, 2.75) is 12.3 Å². The van der Waals surface area contributed by atoms with Gasteiger partial charge in [0.1, 0.15) is 18.1 Å². The fourth-order valence-corrected chi connectivity index (χ4v) is 3.31. The van der Waals surface area contributed by atoms with Gasteiger partial charge in [-0.1, -0.05) is 36.9 Å². The lowest BCUT2D eigenvalue weighted by Crippen LogP contribution is -2.28. The van der Waals surface area contributed by atoms with Crippen molar-refractivity contribution < 1.29 is 14.3 Å². The second-order valence-electron chi connectivity index (χ2n) is 6.14. The van der Waals surface area contributed by atoms with Crippen LogP contribution in [0.3, 0.4) is 0 Å². The van der Waals surface area contributed by atoms with Gasteiger partial charge in [0.25, 0.3) is 5.56 Å². The van der Waals surface area contributed by atoms with E-state index in [1.165, 1.54) is 0 Å². The highest BCUT2D eigenvalue weighted by Gasteiger charge is 2.32. The van der Waals surface area contributed by atoms with Crippen LogP contribution in [0.2, 0.25) is 0 Å². The van der Waals surface area contributed by atoms with Gasteiger partial charge >= 0.3 is 5.97 Å². The van der Waals surface area contributed by atoms with Crippen molar-refractivity contribution in [3.8, 4) is 11.5 Å². The number of rotatable bonds is 4. The molecule has 0 amide bonds. The van der Waals surface area contributed by atoms with Gasteiger partial charge < -0.3 is 14.5 Å². The summed E-state index contributed by atoms with van der Waals surface area (Å²) in [5.41, 5.74) is 1.78. The van der Waals surface area contributed by atoms with E-state index in [-0.39, 0.29) is 23.9 Å². The first-order chi connectivity index (χ1) is 12.7. The third-order valence-electron chi connectivity index (χ3n) is 4.49. The van der Waals surface area contributed by atoms with E-state index in [2.05, 4.69) is 11.6 Å². The zero-order valence-electron chi connectivity index (χ0n) is 14.0. The zero-order valence-corrected chi connectivity index (χ0v) is 14.0. The van der Waals surface area contributed by atoms with Crippen molar-refractivity contribution in [3.63, 3.8) is 0 Å². The Morgan fingerprint density at radius 2 is 1.92 bits per heavy atom. The molecule has 1 aliphatic rings. The number of aromatic nitrogens is 1. The Bertz CT molecular complexity index is 1050. The largest absolute Gasteiger partial charge is 0.490 e. The van der Waals surface area contributed by atoms with Crippen LogP contribution in [0.15, 0.2) is 66.0 Å². The number of hydrogen-bond acceptors (Lipinski definition) is 4. The van der Waals surface area contributed by atoms with Gasteiger partial charge in [-0.15, -0.1) is 0 Å². The molecule has 0 fully saturated rings. The number of hydrogen-bond donors (Lipinski definition) is 1. The summed E-state index contributed by atoms with van der Waals surface area (Å²) >= 11 is 0. The van der Waals surface area contributed by atoms with E-state index in [4.69, 9.17) is 9.47 Å². The molecule has 0 spiro atoms. The van der Waals surface area contributed by atoms with Crippen molar-refractivity contribution in [1.29, 1.82) is 0 Å². The minimum absolute atomic E-state index is 0.126. The fourth-order valence-electron chi connectivity index (χ4n) is 3.31. The van der Waals surface area contributed by atoms with Crippen LogP contribution in [0.1, 0.15) is 23.5 Å². The molecule has 0 aliphatic carbocycles. The summed E-state index contributed by atoms with van der Waals surface area (Å²) in [5, 5.41) is 0.728. The molecule has 0 saturated heterocycles. The molecular weight excluding hydrogens is 330 g/mol. The SMILES string of the molecule is C=CCOc1ccc([C@H]2CC(=O)Oc3c2c(=O)[nH]c2ccccc32)cc1.